The lowest BCUT2D eigenvalue weighted by Gasteiger charge is -2.28. The molecule has 1 N–H and O–H groups in total. The van der Waals surface area contributed by atoms with Gasteiger partial charge >= 0.3 is 0 Å². The fourth-order valence-electron chi connectivity index (χ4n) is 3.07. The number of nitrogens with zero attached hydrogens (tertiary/aromatic N) is 1. The Balaban J connectivity index is 1.62. The third-order valence-corrected chi connectivity index (χ3v) is 4.57. The van der Waals surface area contributed by atoms with Gasteiger partial charge in [0.25, 0.3) is 11.8 Å². The fraction of sp³-hybridized carbons (Fsp3) is 0.429. The van der Waals surface area contributed by atoms with Gasteiger partial charge in [0.1, 0.15) is 11.5 Å². The number of amides is 2. The Hall–Kier alpha value is -2.76. The predicted octanol–water partition coefficient (Wildman–Crippen LogP) is 3.82. The van der Waals surface area contributed by atoms with Crippen LogP contribution in [0.4, 0.5) is 5.69 Å². The Morgan fingerprint density at radius 2 is 2.04 bits per heavy atom. The highest BCUT2D eigenvalue weighted by Gasteiger charge is 2.26. The lowest BCUT2D eigenvalue weighted by atomic mass is 10.1. The van der Waals surface area contributed by atoms with Crippen LogP contribution >= 0.6 is 0 Å². The van der Waals surface area contributed by atoms with E-state index in [0.717, 1.165) is 24.1 Å². The first-order valence-corrected chi connectivity index (χ1v) is 9.49. The van der Waals surface area contributed by atoms with Crippen molar-refractivity contribution in [1.82, 2.24) is 5.32 Å². The summed E-state index contributed by atoms with van der Waals surface area (Å²) < 4.78 is 11.2. The standard InChI is InChI=1S/C21H26N2O4/c1-3-4-5-6-11-22-21(25)18-10-8-16(27-18)13-23-17-9-7-15(2)12-19(17)26-14-20(23)24/h7-10,12H,3-6,11,13-14H2,1-2H3,(H,22,25). The number of carbonyl (C=O) groups excluding carboxylic acids is 2. The molecule has 6 heteroatoms. The van der Waals surface area contributed by atoms with Crippen molar-refractivity contribution in [1.29, 1.82) is 0 Å². The van der Waals surface area contributed by atoms with Gasteiger partial charge in [-0.3, -0.25) is 14.5 Å². The molecule has 6 nitrogen and oxygen atoms in total. The van der Waals surface area contributed by atoms with Gasteiger partial charge in [0, 0.05) is 6.54 Å². The number of ether oxygens (including phenoxy) is 1. The van der Waals surface area contributed by atoms with Crippen molar-refractivity contribution in [2.45, 2.75) is 46.1 Å². The Labute approximate surface area is 159 Å². The van der Waals surface area contributed by atoms with Gasteiger partial charge in [0.15, 0.2) is 12.4 Å². The van der Waals surface area contributed by atoms with Gasteiger partial charge in [-0.05, 0) is 43.2 Å². The summed E-state index contributed by atoms with van der Waals surface area (Å²) in [4.78, 5) is 26.1. The van der Waals surface area contributed by atoms with E-state index in [4.69, 9.17) is 9.15 Å². The zero-order chi connectivity index (χ0) is 19.2. The van der Waals surface area contributed by atoms with Crippen molar-refractivity contribution in [3.63, 3.8) is 0 Å². The lowest BCUT2D eigenvalue weighted by molar-refractivity contribution is -0.121. The molecule has 1 aliphatic rings. The van der Waals surface area contributed by atoms with E-state index >= 15 is 0 Å². The van der Waals surface area contributed by atoms with Crippen LogP contribution in [0.2, 0.25) is 0 Å². The summed E-state index contributed by atoms with van der Waals surface area (Å²) in [6.45, 7) is 5.04. The summed E-state index contributed by atoms with van der Waals surface area (Å²) >= 11 is 0. The molecule has 1 aromatic heterocycles. The normalized spacial score (nSPS) is 13.3. The van der Waals surface area contributed by atoms with E-state index in [9.17, 15) is 9.59 Å². The van der Waals surface area contributed by atoms with Crippen molar-refractivity contribution < 1.29 is 18.7 Å². The molecule has 0 unspecified atom stereocenters. The highest BCUT2D eigenvalue weighted by atomic mass is 16.5. The second-order valence-corrected chi connectivity index (χ2v) is 6.82. The first-order valence-electron chi connectivity index (χ1n) is 9.49. The number of benzene rings is 1. The highest BCUT2D eigenvalue weighted by Crippen LogP contribution is 2.34. The number of carbonyl (C=O) groups is 2. The smallest absolute Gasteiger partial charge is 0.286 e. The molecule has 0 atom stereocenters. The van der Waals surface area contributed by atoms with Crippen LogP contribution in [0.5, 0.6) is 5.75 Å². The molecule has 0 spiro atoms. The van der Waals surface area contributed by atoms with Crippen LogP contribution in [0.1, 0.15) is 54.5 Å². The molecule has 0 bridgehead atoms. The van der Waals surface area contributed by atoms with Crippen molar-refractivity contribution in [2.75, 3.05) is 18.1 Å². The predicted molar refractivity (Wildman–Crippen MR) is 103 cm³/mol. The van der Waals surface area contributed by atoms with Crippen LogP contribution in [-0.4, -0.2) is 25.0 Å². The Morgan fingerprint density at radius 1 is 1.19 bits per heavy atom. The summed E-state index contributed by atoms with van der Waals surface area (Å²) in [7, 11) is 0. The summed E-state index contributed by atoms with van der Waals surface area (Å²) in [5.74, 6) is 1.16. The number of rotatable bonds is 8. The number of nitrogens with one attached hydrogen (secondary N) is 1. The third kappa shape index (κ3) is 4.70. The van der Waals surface area contributed by atoms with Gasteiger partial charge in [-0.1, -0.05) is 32.3 Å². The molecule has 0 radical (unpaired) electrons. The number of furan rings is 1. The molecule has 1 aliphatic heterocycles. The molecule has 27 heavy (non-hydrogen) atoms. The molecule has 1 aromatic carbocycles. The molecule has 3 rings (SSSR count). The average molecular weight is 370 g/mol. The van der Waals surface area contributed by atoms with Crippen LogP contribution in [0.15, 0.2) is 34.7 Å². The number of unbranched alkanes of at least 4 members (excludes halogenated alkanes) is 3. The number of hydrogen-bond donors (Lipinski definition) is 1. The summed E-state index contributed by atoms with van der Waals surface area (Å²) in [6, 6.07) is 9.11. The summed E-state index contributed by atoms with van der Waals surface area (Å²) in [6.07, 6.45) is 4.41. The summed E-state index contributed by atoms with van der Waals surface area (Å²) in [5, 5.41) is 2.87. The minimum Gasteiger partial charge on any atom is -0.482 e. The molecule has 0 saturated carbocycles. The van der Waals surface area contributed by atoms with Crippen molar-refractivity contribution >= 4 is 17.5 Å². The molecule has 144 valence electrons. The van der Waals surface area contributed by atoms with Crippen LogP contribution in [0.25, 0.3) is 0 Å². The maximum Gasteiger partial charge on any atom is 0.286 e. The van der Waals surface area contributed by atoms with Crippen molar-refractivity contribution in [3.8, 4) is 5.75 Å². The minimum atomic E-state index is -0.220. The molecule has 0 aliphatic carbocycles. The monoisotopic (exact) mass is 370 g/mol. The zero-order valence-electron chi connectivity index (χ0n) is 15.9. The number of fused-ring (bicyclic) bond motifs is 1. The van der Waals surface area contributed by atoms with E-state index in [1.54, 1.807) is 17.0 Å². The lowest BCUT2D eigenvalue weighted by Crippen LogP contribution is -2.38. The van der Waals surface area contributed by atoms with E-state index in [-0.39, 0.29) is 30.7 Å². The molecule has 0 saturated heterocycles. The van der Waals surface area contributed by atoms with Crippen molar-refractivity contribution in [2.24, 2.45) is 0 Å². The van der Waals surface area contributed by atoms with Gasteiger partial charge in [-0.25, -0.2) is 0 Å². The second kappa shape index (κ2) is 8.75. The largest absolute Gasteiger partial charge is 0.482 e. The van der Waals surface area contributed by atoms with Gasteiger partial charge in [0.05, 0.1) is 12.2 Å². The van der Waals surface area contributed by atoms with Gasteiger partial charge in [-0.15, -0.1) is 0 Å². The van der Waals surface area contributed by atoms with Crippen LogP contribution in [-0.2, 0) is 11.3 Å². The minimum absolute atomic E-state index is 0.00225. The van der Waals surface area contributed by atoms with E-state index in [1.165, 1.54) is 12.8 Å². The maximum atomic E-state index is 12.3. The number of anilines is 1. The number of hydrogen-bond acceptors (Lipinski definition) is 4. The van der Waals surface area contributed by atoms with Crippen LogP contribution in [0, 0.1) is 6.92 Å². The van der Waals surface area contributed by atoms with E-state index in [0.29, 0.717) is 18.1 Å². The van der Waals surface area contributed by atoms with Crippen LogP contribution in [0.3, 0.4) is 0 Å². The van der Waals surface area contributed by atoms with E-state index in [2.05, 4.69) is 12.2 Å². The van der Waals surface area contributed by atoms with Gasteiger partial charge in [-0.2, -0.15) is 0 Å². The SMILES string of the molecule is CCCCCCNC(=O)c1ccc(CN2C(=O)COc3cc(C)ccc32)o1. The van der Waals surface area contributed by atoms with E-state index in [1.807, 2.05) is 25.1 Å². The Morgan fingerprint density at radius 3 is 2.85 bits per heavy atom. The molecule has 2 aromatic rings. The van der Waals surface area contributed by atoms with E-state index < -0.39 is 0 Å². The highest BCUT2D eigenvalue weighted by molar-refractivity contribution is 5.97. The molecule has 0 fully saturated rings. The first kappa shape index (κ1) is 19.0. The molecule has 2 heterocycles. The molecular formula is C21H26N2O4. The topological polar surface area (TPSA) is 71.8 Å². The van der Waals surface area contributed by atoms with Crippen molar-refractivity contribution in [3.05, 3.63) is 47.4 Å². The van der Waals surface area contributed by atoms with Crippen LogP contribution < -0.4 is 15.0 Å². The van der Waals surface area contributed by atoms with Gasteiger partial charge < -0.3 is 14.5 Å². The molecular weight excluding hydrogens is 344 g/mol. The van der Waals surface area contributed by atoms with Gasteiger partial charge in [0.2, 0.25) is 0 Å². The Bertz CT molecular complexity index is 812. The summed E-state index contributed by atoms with van der Waals surface area (Å²) in [5.41, 5.74) is 1.79. The Kier molecular flexibility index (Phi) is 6.16. The average Bonchev–Trinajstić information content (AvgIpc) is 3.12. The number of aryl methyl sites for hydroxylation is 1. The second-order valence-electron chi connectivity index (χ2n) is 6.82. The molecule has 2 amide bonds. The quantitative estimate of drug-likeness (QED) is 0.717. The first-order chi connectivity index (χ1) is 13.1. The maximum absolute atomic E-state index is 12.3. The third-order valence-electron chi connectivity index (χ3n) is 4.57. The zero-order valence-corrected chi connectivity index (χ0v) is 15.9. The fourth-order valence-corrected chi connectivity index (χ4v) is 3.07.